The van der Waals surface area contributed by atoms with Crippen LogP contribution in [0.25, 0.3) is 0 Å². The topological polar surface area (TPSA) is 206 Å². The number of carbonyl (C=O) groups excluding carboxylic acids is 6. The second-order valence-corrected chi connectivity index (χ2v) is 11.2. The van der Waals surface area contributed by atoms with E-state index in [2.05, 4.69) is 10.6 Å². The molecule has 0 aliphatic carbocycles. The molecule has 0 unspecified atom stereocenters. The van der Waals surface area contributed by atoms with Crippen LogP contribution in [0.1, 0.15) is 55.2 Å². The van der Waals surface area contributed by atoms with E-state index in [0.717, 1.165) is 16.7 Å². The summed E-state index contributed by atoms with van der Waals surface area (Å²) in [6.07, 6.45) is -1.11. The Morgan fingerprint density at radius 2 is 0.857 bits per heavy atom. The van der Waals surface area contributed by atoms with E-state index in [-0.39, 0.29) is 58.3 Å². The molecule has 0 spiro atoms. The number of benzene rings is 3. The summed E-state index contributed by atoms with van der Waals surface area (Å²) in [7, 11) is 0. The zero-order valence-corrected chi connectivity index (χ0v) is 27.1. The largest absolute Gasteiger partial charge is 0.461 e. The molecular weight excluding hydrogens is 632 g/mol. The number of amides is 3. The van der Waals surface area contributed by atoms with Crippen molar-refractivity contribution in [3.05, 3.63) is 108 Å². The van der Waals surface area contributed by atoms with Crippen molar-refractivity contribution in [2.75, 3.05) is 0 Å². The van der Waals surface area contributed by atoms with Crippen LogP contribution in [-0.2, 0) is 62.8 Å². The van der Waals surface area contributed by atoms with E-state index in [1.54, 1.807) is 60.7 Å². The summed E-state index contributed by atoms with van der Waals surface area (Å²) in [6.45, 7) is 0.112. The van der Waals surface area contributed by atoms with Crippen LogP contribution in [0.3, 0.4) is 0 Å². The summed E-state index contributed by atoms with van der Waals surface area (Å²) < 4.78 is 15.7. The molecule has 260 valence electrons. The SMILES string of the molecule is NC(=O)[C@H](CCC(=O)OCc1ccccc1)NC(=O)[C@H](CCC(=O)OCc1ccccc1)NC(=O)[C@@H](N)CCC(=O)OCc1ccccc1. The summed E-state index contributed by atoms with van der Waals surface area (Å²) in [5.74, 6) is -4.32. The van der Waals surface area contributed by atoms with E-state index >= 15 is 0 Å². The number of carbonyl (C=O) groups is 6. The van der Waals surface area contributed by atoms with Crippen molar-refractivity contribution < 1.29 is 43.0 Å². The Bertz CT molecular complexity index is 1520. The van der Waals surface area contributed by atoms with E-state index in [0.29, 0.717) is 0 Å². The van der Waals surface area contributed by atoms with Crippen LogP contribution in [0.2, 0.25) is 0 Å². The zero-order valence-electron chi connectivity index (χ0n) is 27.1. The number of hydrogen-bond acceptors (Lipinski definition) is 10. The molecule has 0 fully saturated rings. The van der Waals surface area contributed by atoms with E-state index in [1.165, 1.54) is 0 Å². The predicted molar refractivity (Wildman–Crippen MR) is 177 cm³/mol. The van der Waals surface area contributed by atoms with Crippen LogP contribution >= 0.6 is 0 Å². The van der Waals surface area contributed by atoms with Crippen molar-refractivity contribution in [1.29, 1.82) is 0 Å². The summed E-state index contributed by atoms with van der Waals surface area (Å²) >= 11 is 0. The molecule has 13 heteroatoms. The Balaban J connectivity index is 1.56. The minimum atomic E-state index is -1.33. The van der Waals surface area contributed by atoms with Gasteiger partial charge < -0.3 is 36.3 Å². The average Bonchev–Trinajstić information content (AvgIpc) is 3.12. The van der Waals surface area contributed by atoms with Gasteiger partial charge in [-0.1, -0.05) is 91.0 Å². The van der Waals surface area contributed by atoms with Gasteiger partial charge in [0.25, 0.3) is 0 Å². The lowest BCUT2D eigenvalue weighted by atomic mass is 10.1. The second kappa shape index (κ2) is 20.6. The number of rotatable bonds is 20. The van der Waals surface area contributed by atoms with Gasteiger partial charge in [-0.3, -0.25) is 28.8 Å². The molecular formula is C36H42N4O9. The maximum atomic E-state index is 13.3. The Morgan fingerprint density at radius 3 is 1.24 bits per heavy atom. The first kappa shape index (κ1) is 37.9. The third kappa shape index (κ3) is 14.8. The van der Waals surface area contributed by atoms with Crippen LogP contribution in [0.5, 0.6) is 0 Å². The van der Waals surface area contributed by atoms with Crippen LogP contribution in [0, 0.1) is 0 Å². The molecule has 6 N–H and O–H groups in total. The highest BCUT2D eigenvalue weighted by atomic mass is 16.5. The highest BCUT2D eigenvalue weighted by Crippen LogP contribution is 2.09. The standard InChI is InChI=1S/C36H42N4O9/c37-28(16-19-31(41)47-22-25-10-4-1-5-11-25)35(45)40-30(18-21-33(43)49-24-27-14-8-3-9-15-27)36(46)39-29(34(38)44)17-20-32(42)48-23-26-12-6-2-7-13-26/h1-15,28-30H,16-24,37H2,(H2,38,44)(H,39,46)(H,40,45)/t28-,29-,30-/m0/s1. The summed E-state index contributed by atoms with van der Waals surface area (Å²) in [5, 5.41) is 4.95. The van der Waals surface area contributed by atoms with Gasteiger partial charge in [-0.05, 0) is 36.0 Å². The molecule has 0 radical (unpaired) electrons. The lowest BCUT2D eigenvalue weighted by Gasteiger charge is -2.23. The number of ether oxygens (including phenoxy) is 3. The summed E-state index contributed by atoms with van der Waals surface area (Å²) in [5.41, 5.74) is 13.9. The van der Waals surface area contributed by atoms with Crippen molar-refractivity contribution in [3.63, 3.8) is 0 Å². The second-order valence-electron chi connectivity index (χ2n) is 11.2. The minimum absolute atomic E-state index is 0.0122. The maximum Gasteiger partial charge on any atom is 0.306 e. The Hall–Kier alpha value is -5.56. The third-order valence-corrected chi connectivity index (χ3v) is 7.29. The van der Waals surface area contributed by atoms with Gasteiger partial charge in [0.2, 0.25) is 17.7 Å². The lowest BCUT2D eigenvalue weighted by molar-refractivity contribution is -0.146. The molecule has 0 bridgehead atoms. The number of nitrogens with two attached hydrogens (primary N) is 2. The molecule has 0 aliphatic heterocycles. The number of primary amides is 1. The molecule has 3 aromatic rings. The van der Waals surface area contributed by atoms with Crippen LogP contribution in [0.4, 0.5) is 0 Å². The fourth-order valence-corrected chi connectivity index (χ4v) is 4.46. The van der Waals surface area contributed by atoms with Gasteiger partial charge in [-0.15, -0.1) is 0 Å². The fourth-order valence-electron chi connectivity index (χ4n) is 4.46. The lowest BCUT2D eigenvalue weighted by Crippen LogP contribution is -2.55. The van der Waals surface area contributed by atoms with Crippen molar-refractivity contribution in [3.8, 4) is 0 Å². The van der Waals surface area contributed by atoms with E-state index in [1.807, 2.05) is 30.3 Å². The molecule has 49 heavy (non-hydrogen) atoms. The van der Waals surface area contributed by atoms with Gasteiger partial charge in [-0.2, -0.15) is 0 Å². The Kier molecular flexibility index (Phi) is 16.0. The van der Waals surface area contributed by atoms with Gasteiger partial charge in [0.05, 0.1) is 6.04 Å². The first-order valence-electron chi connectivity index (χ1n) is 15.8. The monoisotopic (exact) mass is 674 g/mol. The fraction of sp³-hybridized carbons (Fsp3) is 0.333. The van der Waals surface area contributed by atoms with Crippen molar-refractivity contribution >= 4 is 35.6 Å². The quantitative estimate of drug-likeness (QED) is 0.102. The molecule has 3 aromatic carbocycles. The normalized spacial score (nSPS) is 12.4. The minimum Gasteiger partial charge on any atom is -0.461 e. The van der Waals surface area contributed by atoms with Crippen LogP contribution < -0.4 is 22.1 Å². The first-order chi connectivity index (χ1) is 23.6. The maximum absolute atomic E-state index is 13.3. The highest BCUT2D eigenvalue weighted by molar-refractivity contribution is 5.93. The molecule has 0 aromatic heterocycles. The average molecular weight is 675 g/mol. The number of hydrogen-bond donors (Lipinski definition) is 4. The molecule has 0 saturated heterocycles. The van der Waals surface area contributed by atoms with Gasteiger partial charge >= 0.3 is 17.9 Å². The summed E-state index contributed by atoms with van der Waals surface area (Å²) in [4.78, 5) is 75.5. The number of nitrogens with one attached hydrogen (secondary N) is 2. The zero-order chi connectivity index (χ0) is 35.4. The van der Waals surface area contributed by atoms with Crippen molar-refractivity contribution in [1.82, 2.24) is 10.6 Å². The van der Waals surface area contributed by atoms with Crippen LogP contribution in [-0.4, -0.2) is 53.8 Å². The molecule has 0 aliphatic rings. The van der Waals surface area contributed by atoms with Crippen molar-refractivity contribution in [2.24, 2.45) is 11.5 Å². The molecule has 3 atom stereocenters. The first-order valence-corrected chi connectivity index (χ1v) is 15.8. The van der Waals surface area contributed by atoms with Gasteiger partial charge in [-0.25, -0.2) is 0 Å². The number of esters is 3. The molecule has 0 heterocycles. The van der Waals surface area contributed by atoms with E-state index in [9.17, 15) is 28.8 Å². The molecule has 3 rings (SSSR count). The van der Waals surface area contributed by atoms with Gasteiger partial charge in [0.1, 0.15) is 31.9 Å². The molecule has 13 nitrogen and oxygen atoms in total. The van der Waals surface area contributed by atoms with Crippen LogP contribution in [0.15, 0.2) is 91.0 Å². The third-order valence-electron chi connectivity index (χ3n) is 7.29. The van der Waals surface area contributed by atoms with Gasteiger partial charge in [0, 0.05) is 19.3 Å². The molecule has 0 saturated carbocycles. The Labute approximate surface area is 284 Å². The van der Waals surface area contributed by atoms with Gasteiger partial charge in [0.15, 0.2) is 0 Å². The van der Waals surface area contributed by atoms with E-state index in [4.69, 9.17) is 25.7 Å². The molecule has 3 amide bonds. The highest BCUT2D eigenvalue weighted by Gasteiger charge is 2.29. The Morgan fingerprint density at radius 1 is 0.510 bits per heavy atom. The smallest absolute Gasteiger partial charge is 0.306 e. The predicted octanol–water partition coefficient (Wildman–Crippen LogP) is 2.34. The van der Waals surface area contributed by atoms with E-state index < -0.39 is 53.8 Å². The summed E-state index contributed by atoms with van der Waals surface area (Å²) in [6, 6.07) is 23.2. The van der Waals surface area contributed by atoms with Crippen molar-refractivity contribution in [2.45, 2.75) is 76.5 Å².